The molecular formula is C14H7BrN2S2. The van der Waals surface area contributed by atoms with Crippen LogP contribution in [0.4, 0.5) is 0 Å². The van der Waals surface area contributed by atoms with Crippen molar-refractivity contribution in [1.82, 2.24) is 9.36 Å². The molecule has 0 bridgehead atoms. The molecule has 0 aliphatic carbocycles. The Kier molecular flexibility index (Phi) is 2.65. The fraction of sp³-hybridized carbons (Fsp3) is 0. The Balaban J connectivity index is 1.99. The molecule has 0 saturated heterocycles. The monoisotopic (exact) mass is 346 g/mol. The van der Waals surface area contributed by atoms with E-state index in [1.165, 1.54) is 31.7 Å². The molecule has 0 unspecified atom stereocenters. The molecule has 0 saturated carbocycles. The number of aromatic nitrogens is 2. The number of hydrogen-bond donors (Lipinski definition) is 0. The Labute approximate surface area is 126 Å². The zero-order chi connectivity index (χ0) is 12.8. The molecule has 4 rings (SSSR count). The van der Waals surface area contributed by atoms with Gasteiger partial charge in [-0.3, -0.25) is 0 Å². The van der Waals surface area contributed by atoms with E-state index in [1.807, 2.05) is 11.3 Å². The topological polar surface area (TPSA) is 25.8 Å². The number of rotatable bonds is 1. The van der Waals surface area contributed by atoms with E-state index in [-0.39, 0.29) is 0 Å². The van der Waals surface area contributed by atoms with Crippen LogP contribution in [0.5, 0.6) is 0 Å². The Morgan fingerprint density at radius 2 is 1.79 bits per heavy atom. The number of benzene rings is 2. The molecule has 0 fully saturated rings. The van der Waals surface area contributed by atoms with Crippen LogP contribution >= 0.6 is 38.8 Å². The summed E-state index contributed by atoms with van der Waals surface area (Å²) in [6.07, 6.45) is 0. The lowest BCUT2D eigenvalue weighted by Crippen LogP contribution is -1.79. The van der Waals surface area contributed by atoms with Crippen molar-refractivity contribution in [3.8, 4) is 11.4 Å². The number of fused-ring (bicyclic) bond motifs is 3. The van der Waals surface area contributed by atoms with E-state index in [1.54, 1.807) is 0 Å². The first-order chi connectivity index (χ1) is 9.31. The van der Waals surface area contributed by atoms with Gasteiger partial charge in [-0.05, 0) is 39.6 Å². The summed E-state index contributed by atoms with van der Waals surface area (Å²) in [5.74, 6) is 0.788. The van der Waals surface area contributed by atoms with Gasteiger partial charge in [-0.25, -0.2) is 4.98 Å². The molecule has 0 radical (unpaired) electrons. The van der Waals surface area contributed by atoms with Crippen molar-refractivity contribution in [1.29, 1.82) is 0 Å². The van der Waals surface area contributed by atoms with Gasteiger partial charge in [0.25, 0.3) is 0 Å². The maximum Gasteiger partial charge on any atom is 0.179 e. The van der Waals surface area contributed by atoms with Gasteiger partial charge in [0.2, 0.25) is 0 Å². The average Bonchev–Trinajstić information content (AvgIpc) is 3.01. The lowest BCUT2D eigenvalue weighted by atomic mass is 10.1. The van der Waals surface area contributed by atoms with Crippen molar-refractivity contribution < 1.29 is 0 Å². The molecule has 0 aliphatic rings. The molecule has 92 valence electrons. The van der Waals surface area contributed by atoms with Gasteiger partial charge in [0.05, 0.1) is 0 Å². The summed E-state index contributed by atoms with van der Waals surface area (Å²) in [4.78, 5) is 4.37. The maximum atomic E-state index is 4.37. The SMILES string of the molecule is Brc1nc(-c2ccc3c(c2)sc2ccccc23)ns1. The van der Waals surface area contributed by atoms with Crippen LogP contribution in [0.15, 0.2) is 46.4 Å². The van der Waals surface area contributed by atoms with E-state index in [0.717, 1.165) is 15.3 Å². The highest BCUT2D eigenvalue weighted by Gasteiger charge is 2.09. The molecule has 2 nitrogen and oxygen atoms in total. The Bertz CT molecular complexity index is 895. The molecule has 5 heteroatoms. The standard InChI is InChI=1S/C14H7BrN2S2/c15-14-16-13(17-19-14)8-5-6-10-9-3-1-2-4-11(9)18-12(10)7-8/h1-7H. The zero-order valence-electron chi connectivity index (χ0n) is 9.63. The van der Waals surface area contributed by atoms with Crippen molar-refractivity contribution in [2.75, 3.05) is 0 Å². The molecule has 0 spiro atoms. The fourth-order valence-corrected chi connectivity index (χ4v) is 4.15. The van der Waals surface area contributed by atoms with Crippen LogP contribution in [-0.2, 0) is 0 Å². The molecular weight excluding hydrogens is 340 g/mol. The average molecular weight is 347 g/mol. The molecule has 0 atom stereocenters. The summed E-state index contributed by atoms with van der Waals surface area (Å²) in [5.41, 5.74) is 1.07. The van der Waals surface area contributed by atoms with Crippen LogP contribution in [0.3, 0.4) is 0 Å². The Morgan fingerprint density at radius 3 is 2.63 bits per heavy atom. The number of nitrogens with zero attached hydrogens (tertiary/aromatic N) is 2. The van der Waals surface area contributed by atoms with Crippen molar-refractivity contribution >= 4 is 59.0 Å². The van der Waals surface area contributed by atoms with E-state index >= 15 is 0 Å². The third-order valence-electron chi connectivity index (χ3n) is 3.04. The van der Waals surface area contributed by atoms with E-state index < -0.39 is 0 Å². The molecule has 0 N–H and O–H groups in total. The molecule has 2 aromatic heterocycles. The zero-order valence-corrected chi connectivity index (χ0v) is 12.8. The second kappa shape index (κ2) is 4.37. The normalized spacial score (nSPS) is 11.4. The van der Waals surface area contributed by atoms with Gasteiger partial charge in [-0.1, -0.05) is 30.3 Å². The minimum absolute atomic E-state index is 0.788. The largest absolute Gasteiger partial charge is 0.208 e. The maximum absolute atomic E-state index is 4.37. The lowest BCUT2D eigenvalue weighted by Gasteiger charge is -1.96. The Hall–Kier alpha value is -1.30. The molecule has 0 aliphatic heterocycles. The van der Waals surface area contributed by atoms with Gasteiger partial charge in [-0.15, -0.1) is 11.3 Å². The van der Waals surface area contributed by atoms with Crippen LogP contribution in [0.25, 0.3) is 31.6 Å². The highest BCUT2D eigenvalue weighted by Crippen LogP contribution is 2.35. The third-order valence-corrected chi connectivity index (χ3v) is 5.29. The van der Waals surface area contributed by atoms with Gasteiger partial charge in [0.1, 0.15) is 0 Å². The summed E-state index contributed by atoms with van der Waals surface area (Å²) in [5, 5.41) is 2.63. The third kappa shape index (κ3) is 1.89. The fourth-order valence-electron chi connectivity index (χ4n) is 2.19. The van der Waals surface area contributed by atoms with Crippen LogP contribution in [0, 0.1) is 0 Å². The molecule has 2 heterocycles. The number of halogens is 1. The van der Waals surface area contributed by atoms with E-state index in [9.17, 15) is 0 Å². The minimum Gasteiger partial charge on any atom is -0.208 e. The summed E-state index contributed by atoms with van der Waals surface area (Å²) >= 11 is 6.54. The summed E-state index contributed by atoms with van der Waals surface area (Å²) in [6.45, 7) is 0. The second-order valence-corrected chi connectivity index (χ2v) is 7.29. The quantitative estimate of drug-likeness (QED) is 0.465. The van der Waals surface area contributed by atoms with E-state index in [2.05, 4.69) is 67.8 Å². The Morgan fingerprint density at radius 1 is 0.947 bits per heavy atom. The smallest absolute Gasteiger partial charge is 0.179 e. The highest BCUT2D eigenvalue weighted by atomic mass is 79.9. The number of thiophene rings is 1. The van der Waals surface area contributed by atoms with E-state index in [4.69, 9.17) is 0 Å². The van der Waals surface area contributed by atoms with Crippen molar-refractivity contribution in [3.63, 3.8) is 0 Å². The van der Waals surface area contributed by atoms with Gasteiger partial charge in [0.15, 0.2) is 9.74 Å². The van der Waals surface area contributed by atoms with Crippen LogP contribution in [-0.4, -0.2) is 9.36 Å². The van der Waals surface area contributed by atoms with Gasteiger partial charge >= 0.3 is 0 Å². The van der Waals surface area contributed by atoms with E-state index in [0.29, 0.717) is 0 Å². The van der Waals surface area contributed by atoms with Crippen molar-refractivity contribution in [2.24, 2.45) is 0 Å². The minimum atomic E-state index is 0.788. The first-order valence-electron chi connectivity index (χ1n) is 5.72. The second-order valence-electron chi connectivity index (χ2n) is 4.18. The molecule has 0 amide bonds. The molecule has 4 aromatic rings. The van der Waals surface area contributed by atoms with Gasteiger partial charge in [0, 0.05) is 25.7 Å². The van der Waals surface area contributed by atoms with Gasteiger partial charge < -0.3 is 0 Å². The molecule has 2 aromatic carbocycles. The van der Waals surface area contributed by atoms with Crippen LogP contribution < -0.4 is 0 Å². The van der Waals surface area contributed by atoms with Crippen LogP contribution in [0.2, 0.25) is 0 Å². The summed E-state index contributed by atoms with van der Waals surface area (Å²) in [6, 6.07) is 14.9. The summed E-state index contributed by atoms with van der Waals surface area (Å²) < 4.78 is 7.76. The first-order valence-corrected chi connectivity index (χ1v) is 8.10. The van der Waals surface area contributed by atoms with Crippen LogP contribution in [0.1, 0.15) is 0 Å². The lowest BCUT2D eigenvalue weighted by molar-refractivity contribution is 1.31. The van der Waals surface area contributed by atoms with Crippen molar-refractivity contribution in [2.45, 2.75) is 0 Å². The number of hydrogen-bond acceptors (Lipinski definition) is 4. The predicted molar refractivity (Wildman–Crippen MR) is 85.9 cm³/mol. The molecule has 19 heavy (non-hydrogen) atoms. The van der Waals surface area contributed by atoms with Crippen molar-refractivity contribution in [3.05, 3.63) is 46.4 Å². The summed E-state index contributed by atoms with van der Waals surface area (Å²) in [7, 11) is 0. The highest BCUT2D eigenvalue weighted by molar-refractivity contribution is 9.11. The first kappa shape index (κ1) is 11.5. The van der Waals surface area contributed by atoms with Gasteiger partial charge in [-0.2, -0.15) is 4.37 Å². The predicted octanol–water partition coefficient (Wildman–Crippen LogP) is 5.34.